The molecule has 18 heavy (non-hydrogen) atoms. The molecule has 0 unspecified atom stereocenters. The molecule has 1 heterocycles. The van der Waals surface area contributed by atoms with Gasteiger partial charge in [0.25, 0.3) is 0 Å². The Morgan fingerprint density at radius 2 is 2.17 bits per heavy atom. The molecule has 1 saturated carbocycles. The van der Waals surface area contributed by atoms with Crippen LogP contribution in [-0.2, 0) is 6.54 Å². The van der Waals surface area contributed by atoms with Gasteiger partial charge in [-0.15, -0.1) is 0 Å². The molecule has 1 aromatic heterocycles. The molecule has 94 valence electrons. The van der Waals surface area contributed by atoms with Crippen LogP contribution >= 0.6 is 0 Å². The Labute approximate surface area is 106 Å². The molecule has 1 N–H and O–H groups in total. The predicted octanol–water partition coefficient (Wildman–Crippen LogP) is 3.18. The Balaban J connectivity index is 1.67. The van der Waals surface area contributed by atoms with E-state index in [1.807, 2.05) is 0 Å². The summed E-state index contributed by atoms with van der Waals surface area (Å²) in [6.07, 6.45) is 2.40. The van der Waals surface area contributed by atoms with Gasteiger partial charge in [-0.3, -0.25) is 0 Å². The van der Waals surface area contributed by atoms with Crippen molar-refractivity contribution in [3.63, 3.8) is 0 Å². The highest BCUT2D eigenvalue weighted by molar-refractivity contribution is 5.52. The van der Waals surface area contributed by atoms with E-state index in [0.29, 0.717) is 18.4 Å². The van der Waals surface area contributed by atoms with E-state index in [9.17, 15) is 0 Å². The number of rotatable bonds is 4. The lowest BCUT2D eigenvalue weighted by atomic mass is 10.1. The van der Waals surface area contributed by atoms with Crippen molar-refractivity contribution < 1.29 is 4.52 Å². The van der Waals surface area contributed by atoms with Gasteiger partial charge in [0.1, 0.15) is 0 Å². The van der Waals surface area contributed by atoms with Crippen molar-refractivity contribution in [1.82, 2.24) is 10.1 Å². The second kappa shape index (κ2) is 4.44. The van der Waals surface area contributed by atoms with Crippen molar-refractivity contribution >= 4 is 5.69 Å². The zero-order valence-corrected chi connectivity index (χ0v) is 10.7. The first-order valence-corrected chi connectivity index (χ1v) is 6.36. The van der Waals surface area contributed by atoms with Gasteiger partial charge in [0.2, 0.25) is 5.89 Å². The first-order valence-electron chi connectivity index (χ1n) is 6.36. The first-order chi connectivity index (χ1) is 8.72. The molecule has 0 amide bonds. The van der Waals surface area contributed by atoms with Gasteiger partial charge in [-0.2, -0.15) is 4.98 Å². The van der Waals surface area contributed by atoms with E-state index in [-0.39, 0.29) is 0 Å². The van der Waals surface area contributed by atoms with Gasteiger partial charge in [0.15, 0.2) is 5.82 Å². The van der Waals surface area contributed by atoms with Crippen molar-refractivity contribution in [1.29, 1.82) is 0 Å². The van der Waals surface area contributed by atoms with Crippen LogP contribution in [-0.4, -0.2) is 10.1 Å². The van der Waals surface area contributed by atoms with Crippen LogP contribution in [0.3, 0.4) is 0 Å². The standard InChI is InChI=1S/C14H17N3O/c1-9-3-4-10(2)12(7-9)15-8-13-16-14(17-18-13)11-5-6-11/h3-4,7,11,15H,5-6,8H2,1-2H3. The predicted molar refractivity (Wildman–Crippen MR) is 69.5 cm³/mol. The zero-order valence-electron chi connectivity index (χ0n) is 10.7. The Bertz CT molecular complexity index is 558. The minimum absolute atomic E-state index is 0.545. The third kappa shape index (κ3) is 2.37. The summed E-state index contributed by atoms with van der Waals surface area (Å²) in [5.74, 6) is 2.08. The van der Waals surface area contributed by atoms with Crippen molar-refractivity contribution in [2.75, 3.05) is 5.32 Å². The number of hydrogen-bond donors (Lipinski definition) is 1. The second-order valence-corrected chi connectivity index (χ2v) is 4.99. The van der Waals surface area contributed by atoms with E-state index >= 15 is 0 Å². The Hall–Kier alpha value is -1.84. The van der Waals surface area contributed by atoms with E-state index in [0.717, 1.165) is 11.5 Å². The van der Waals surface area contributed by atoms with Gasteiger partial charge < -0.3 is 9.84 Å². The van der Waals surface area contributed by atoms with E-state index < -0.39 is 0 Å². The quantitative estimate of drug-likeness (QED) is 0.896. The monoisotopic (exact) mass is 243 g/mol. The average molecular weight is 243 g/mol. The smallest absolute Gasteiger partial charge is 0.245 e. The van der Waals surface area contributed by atoms with Gasteiger partial charge in [-0.05, 0) is 43.9 Å². The summed E-state index contributed by atoms with van der Waals surface area (Å²) in [6, 6.07) is 6.35. The summed E-state index contributed by atoms with van der Waals surface area (Å²) in [4.78, 5) is 4.40. The minimum Gasteiger partial charge on any atom is -0.376 e. The number of nitrogens with zero attached hydrogens (tertiary/aromatic N) is 2. The number of nitrogens with one attached hydrogen (secondary N) is 1. The number of hydrogen-bond acceptors (Lipinski definition) is 4. The molecule has 1 aliphatic carbocycles. The highest BCUT2D eigenvalue weighted by Gasteiger charge is 2.28. The van der Waals surface area contributed by atoms with E-state index in [2.05, 4.69) is 47.5 Å². The molecule has 4 nitrogen and oxygen atoms in total. The minimum atomic E-state index is 0.545. The fourth-order valence-corrected chi connectivity index (χ4v) is 1.94. The van der Waals surface area contributed by atoms with Crippen LogP contribution < -0.4 is 5.32 Å². The Morgan fingerprint density at radius 1 is 1.33 bits per heavy atom. The lowest BCUT2D eigenvalue weighted by Crippen LogP contribution is -2.01. The third-order valence-corrected chi connectivity index (χ3v) is 3.25. The van der Waals surface area contributed by atoms with Crippen LogP contribution in [0.25, 0.3) is 0 Å². The van der Waals surface area contributed by atoms with Crippen LogP contribution in [0.2, 0.25) is 0 Å². The number of benzene rings is 1. The maximum atomic E-state index is 5.23. The van der Waals surface area contributed by atoms with E-state index in [1.165, 1.54) is 24.0 Å². The molecule has 0 atom stereocenters. The van der Waals surface area contributed by atoms with Gasteiger partial charge in [-0.25, -0.2) is 0 Å². The summed E-state index contributed by atoms with van der Waals surface area (Å²) in [7, 11) is 0. The summed E-state index contributed by atoms with van der Waals surface area (Å²) in [6.45, 7) is 4.76. The topological polar surface area (TPSA) is 51.0 Å². The Kier molecular flexibility index (Phi) is 2.78. The highest BCUT2D eigenvalue weighted by atomic mass is 16.5. The lowest BCUT2D eigenvalue weighted by molar-refractivity contribution is 0.378. The summed E-state index contributed by atoms with van der Waals surface area (Å²) >= 11 is 0. The maximum absolute atomic E-state index is 5.23. The van der Waals surface area contributed by atoms with Gasteiger partial charge in [0.05, 0.1) is 6.54 Å². The molecular weight excluding hydrogens is 226 g/mol. The van der Waals surface area contributed by atoms with Crippen LogP contribution in [0.5, 0.6) is 0 Å². The highest BCUT2D eigenvalue weighted by Crippen LogP contribution is 2.38. The normalized spacial score (nSPS) is 14.8. The molecule has 1 aliphatic rings. The summed E-state index contributed by atoms with van der Waals surface area (Å²) < 4.78 is 5.23. The average Bonchev–Trinajstić information content (AvgIpc) is 3.10. The molecular formula is C14H17N3O. The Morgan fingerprint density at radius 3 is 2.94 bits per heavy atom. The third-order valence-electron chi connectivity index (χ3n) is 3.25. The van der Waals surface area contributed by atoms with Gasteiger partial charge >= 0.3 is 0 Å². The molecule has 0 spiro atoms. The van der Waals surface area contributed by atoms with Gasteiger partial charge in [0, 0.05) is 11.6 Å². The second-order valence-electron chi connectivity index (χ2n) is 4.99. The van der Waals surface area contributed by atoms with Crippen molar-refractivity contribution in [2.45, 2.75) is 39.2 Å². The number of anilines is 1. The molecule has 0 bridgehead atoms. The maximum Gasteiger partial charge on any atom is 0.245 e. The van der Waals surface area contributed by atoms with Crippen LogP contribution in [0.15, 0.2) is 22.7 Å². The molecule has 4 heteroatoms. The van der Waals surface area contributed by atoms with Crippen molar-refractivity contribution in [3.05, 3.63) is 41.0 Å². The molecule has 3 rings (SSSR count). The van der Waals surface area contributed by atoms with Crippen LogP contribution in [0.1, 0.15) is 41.6 Å². The molecule has 2 aromatic rings. The van der Waals surface area contributed by atoms with Crippen molar-refractivity contribution in [3.8, 4) is 0 Å². The van der Waals surface area contributed by atoms with Crippen molar-refractivity contribution in [2.24, 2.45) is 0 Å². The molecule has 1 aromatic carbocycles. The molecule has 0 saturated heterocycles. The van der Waals surface area contributed by atoms with E-state index in [4.69, 9.17) is 4.52 Å². The SMILES string of the molecule is Cc1ccc(C)c(NCc2nc(C3CC3)no2)c1. The van der Waals surface area contributed by atoms with E-state index in [1.54, 1.807) is 0 Å². The fraction of sp³-hybridized carbons (Fsp3) is 0.429. The van der Waals surface area contributed by atoms with Gasteiger partial charge in [-0.1, -0.05) is 17.3 Å². The van der Waals surface area contributed by atoms with Crippen LogP contribution in [0.4, 0.5) is 5.69 Å². The lowest BCUT2D eigenvalue weighted by Gasteiger charge is -2.08. The molecule has 1 fully saturated rings. The zero-order chi connectivity index (χ0) is 12.5. The largest absolute Gasteiger partial charge is 0.376 e. The van der Waals surface area contributed by atoms with Crippen LogP contribution in [0, 0.1) is 13.8 Å². The first kappa shape index (κ1) is 11.3. The summed E-state index contributed by atoms with van der Waals surface area (Å²) in [5.41, 5.74) is 3.59. The number of aromatic nitrogens is 2. The fourth-order valence-electron chi connectivity index (χ4n) is 1.94. The molecule has 0 aliphatic heterocycles. The molecule has 0 radical (unpaired) electrons. The summed E-state index contributed by atoms with van der Waals surface area (Å²) in [5, 5.41) is 7.35. The number of aryl methyl sites for hydroxylation is 2.